The predicted molar refractivity (Wildman–Crippen MR) is 88.7 cm³/mol. The van der Waals surface area contributed by atoms with E-state index >= 15 is 0 Å². The number of pyridine rings is 1. The van der Waals surface area contributed by atoms with E-state index in [1.54, 1.807) is 0 Å². The Morgan fingerprint density at radius 1 is 1.37 bits per heavy atom. The molecular weight excluding hydrogens is 387 g/mol. The summed E-state index contributed by atoms with van der Waals surface area (Å²) in [5.41, 5.74) is -1.07. The fraction of sp³-hybridized carbons (Fsp3) is 0.250. The van der Waals surface area contributed by atoms with E-state index in [1.165, 1.54) is 6.92 Å². The molecule has 0 spiro atoms. The molecule has 0 saturated heterocycles. The quantitative estimate of drug-likeness (QED) is 0.519. The number of H-pyrrole nitrogens is 1. The Labute approximate surface area is 157 Å². The van der Waals surface area contributed by atoms with Crippen molar-refractivity contribution in [3.8, 4) is 5.75 Å². The number of alkyl halides is 3. The maximum absolute atomic E-state index is 12.8. The molecule has 2 aromatic heterocycles. The molecule has 0 aliphatic carbocycles. The summed E-state index contributed by atoms with van der Waals surface area (Å²) in [7, 11) is -4.39. The van der Waals surface area contributed by atoms with Gasteiger partial charge in [-0.3, -0.25) is 0 Å². The molecule has 0 fully saturated rings. The Balaban J connectivity index is 2.03. The van der Waals surface area contributed by atoms with Gasteiger partial charge in [-0.15, -0.1) is 0 Å². The molecular formula is C16H14F3N3O4S. The summed E-state index contributed by atoms with van der Waals surface area (Å²) in [6.07, 6.45) is -3.82. The molecule has 7 nitrogen and oxygen atoms in total. The minimum atomic E-state index is -4.63. The van der Waals surface area contributed by atoms with Gasteiger partial charge in [-0.25, -0.2) is 13.4 Å². The second-order valence-electron chi connectivity index (χ2n) is 5.51. The van der Waals surface area contributed by atoms with E-state index in [0.717, 1.165) is 12.3 Å². The van der Waals surface area contributed by atoms with E-state index in [-0.39, 0.29) is 27.1 Å². The Morgan fingerprint density at radius 2 is 2.07 bits per heavy atom. The Bertz CT molecular complexity index is 1250. The van der Waals surface area contributed by atoms with E-state index in [9.17, 15) is 26.8 Å². The zero-order valence-electron chi connectivity index (χ0n) is 17.6. The topological polar surface area (TPSA) is 99.0 Å². The van der Waals surface area contributed by atoms with Crippen LogP contribution in [0.5, 0.6) is 5.75 Å². The van der Waals surface area contributed by atoms with Crippen molar-refractivity contribution in [2.45, 2.75) is 24.0 Å². The fourth-order valence-electron chi connectivity index (χ4n) is 2.26. The summed E-state index contributed by atoms with van der Waals surface area (Å²) in [5, 5.41) is 11.4. The number of hydrogen-bond acceptors (Lipinski definition) is 5. The molecule has 0 amide bonds. The van der Waals surface area contributed by atoms with Crippen molar-refractivity contribution in [2.24, 2.45) is 0 Å². The summed E-state index contributed by atoms with van der Waals surface area (Å²) >= 11 is 0. The van der Waals surface area contributed by atoms with Crippen molar-refractivity contribution in [2.75, 3.05) is 6.61 Å². The van der Waals surface area contributed by atoms with Crippen molar-refractivity contribution in [3.63, 3.8) is 0 Å². The third-order valence-corrected chi connectivity index (χ3v) is 4.99. The lowest BCUT2D eigenvalue weighted by atomic mass is 10.2. The number of aromatic nitrogens is 3. The number of para-hydroxylation sites is 2. The largest absolute Gasteiger partial charge is 0.618 e. The number of imidazole rings is 1. The zero-order valence-corrected chi connectivity index (χ0v) is 14.5. The molecule has 0 aliphatic rings. The highest BCUT2D eigenvalue weighted by Gasteiger charge is 2.31. The van der Waals surface area contributed by atoms with Crippen molar-refractivity contribution in [1.29, 1.82) is 0 Å². The summed E-state index contributed by atoms with van der Waals surface area (Å²) in [5.74, 6) is -1.29. The first kappa shape index (κ1) is 14.3. The van der Waals surface area contributed by atoms with Crippen molar-refractivity contribution in [3.05, 3.63) is 52.9 Å². The first-order valence-corrected chi connectivity index (χ1v) is 8.98. The molecule has 144 valence electrons. The molecule has 1 aromatic carbocycles. The second-order valence-corrected chi connectivity index (χ2v) is 7.41. The van der Waals surface area contributed by atoms with Gasteiger partial charge in [0, 0.05) is 6.07 Å². The molecule has 0 atom stereocenters. The molecule has 27 heavy (non-hydrogen) atoms. The SMILES string of the molecule is [2H]c1c([2H])c([2H])c2[nH]c(S(=O)(=O)Cc3c(C)c(OCC(F)(F)F)cc[n+]3[O-])nc2c1[2H]. The number of fused-ring (bicyclic) bond motifs is 1. The fourth-order valence-corrected chi connectivity index (χ4v) is 3.59. The van der Waals surface area contributed by atoms with Gasteiger partial charge in [-0.05, 0) is 19.0 Å². The molecule has 1 N–H and O–H groups in total. The van der Waals surface area contributed by atoms with Gasteiger partial charge < -0.3 is 14.9 Å². The van der Waals surface area contributed by atoms with Gasteiger partial charge in [0.2, 0.25) is 20.7 Å². The van der Waals surface area contributed by atoms with Gasteiger partial charge >= 0.3 is 6.18 Å². The van der Waals surface area contributed by atoms with Crippen molar-refractivity contribution < 1.29 is 36.5 Å². The van der Waals surface area contributed by atoms with Crippen LogP contribution >= 0.6 is 0 Å². The summed E-state index contributed by atoms with van der Waals surface area (Å²) in [6, 6.07) is -1.28. The van der Waals surface area contributed by atoms with E-state index < -0.39 is 63.4 Å². The number of nitrogens with one attached hydrogen (secondary N) is 1. The molecule has 2 heterocycles. The van der Waals surface area contributed by atoms with Crippen LogP contribution in [-0.2, 0) is 15.6 Å². The van der Waals surface area contributed by atoms with Crippen LogP contribution in [0.3, 0.4) is 0 Å². The number of halogens is 3. The summed E-state index contributed by atoms with van der Waals surface area (Å²) in [6.45, 7) is -0.401. The van der Waals surface area contributed by atoms with Crippen LogP contribution in [0.2, 0.25) is 0 Å². The lowest BCUT2D eigenvalue weighted by Gasteiger charge is -2.13. The molecule has 3 rings (SSSR count). The van der Waals surface area contributed by atoms with Crippen molar-refractivity contribution in [1.82, 2.24) is 9.97 Å². The first-order valence-electron chi connectivity index (χ1n) is 9.33. The minimum Gasteiger partial charge on any atom is -0.618 e. The van der Waals surface area contributed by atoms with E-state index in [4.69, 9.17) is 5.48 Å². The number of ether oxygens (including phenoxy) is 1. The minimum absolute atomic E-state index is 0.120. The monoisotopic (exact) mass is 405 g/mol. The molecule has 11 heteroatoms. The molecule has 0 unspecified atom stereocenters. The molecule has 3 aromatic rings. The van der Waals surface area contributed by atoms with Crippen LogP contribution in [0, 0.1) is 12.1 Å². The number of rotatable bonds is 5. The maximum Gasteiger partial charge on any atom is 0.422 e. The lowest BCUT2D eigenvalue weighted by molar-refractivity contribution is -0.613. The van der Waals surface area contributed by atoms with Gasteiger partial charge in [0.25, 0.3) is 0 Å². The van der Waals surface area contributed by atoms with E-state index in [2.05, 4.69) is 14.7 Å². The molecule has 0 saturated carbocycles. The highest BCUT2D eigenvalue weighted by Crippen LogP contribution is 2.25. The average Bonchev–Trinajstić information content (AvgIpc) is 3.13. The van der Waals surface area contributed by atoms with Crippen LogP contribution < -0.4 is 9.47 Å². The first-order chi connectivity index (χ1) is 14.2. The number of aromatic amines is 1. The van der Waals surface area contributed by atoms with Crippen LogP contribution in [0.15, 0.2) is 41.6 Å². The van der Waals surface area contributed by atoms with E-state index in [1.807, 2.05) is 0 Å². The van der Waals surface area contributed by atoms with Gasteiger partial charge in [0.05, 0.1) is 22.1 Å². The Kier molecular flexibility index (Phi) is 3.55. The number of sulfone groups is 1. The molecule has 0 radical (unpaired) electrons. The third kappa shape index (κ3) is 4.13. The van der Waals surface area contributed by atoms with Gasteiger partial charge in [-0.2, -0.15) is 17.9 Å². The Morgan fingerprint density at radius 3 is 2.78 bits per heavy atom. The highest BCUT2D eigenvalue weighted by atomic mass is 32.2. The average molecular weight is 405 g/mol. The molecule has 0 aliphatic heterocycles. The maximum atomic E-state index is 12.8. The van der Waals surface area contributed by atoms with Gasteiger partial charge in [0.15, 0.2) is 12.8 Å². The predicted octanol–water partition coefficient (Wildman–Crippen LogP) is 2.42. The summed E-state index contributed by atoms with van der Waals surface area (Å²) in [4.78, 5) is 6.08. The second kappa shape index (κ2) is 6.72. The highest BCUT2D eigenvalue weighted by molar-refractivity contribution is 7.90. The van der Waals surface area contributed by atoms with Crippen molar-refractivity contribution >= 4 is 20.9 Å². The number of nitrogens with zero attached hydrogens (tertiary/aromatic N) is 2. The van der Waals surface area contributed by atoms with Gasteiger partial charge in [-0.1, -0.05) is 12.1 Å². The smallest absolute Gasteiger partial charge is 0.422 e. The number of benzene rings is 1. The van der Waals surface area contributed by atoms with Crippen LogP contribution in [0.4, 0.5) is 13.2 Å². The van der Waals surface area contributed by atoms with Crippen LogP contribution in [-0.4, -0.2) is 31.2 Å². The van der Waals surface area contributed by atoms with Crippen LogP contribution in [0.1, 0.15) is 16.7 Å². The number of hydrogen-bond donors (Lipinski definition) is 1. The lowest BCUT2D eigenvalue weighted by Crippen LogP contribution is -2.34. The zero-order chi connectivity index (χ0) is 23.3. The normalized spacial score (nSPS) is 14.5. The molecule has 0 bridgehead atoms. The van der Waals surface area contributed by atoms with Crippen LogP contribution in [0.25, 0.3) is 11.0 Å². The third-order valence-electron chi connectivity index (χ3n) is 3.56. The summed E-state index contributed by atoms with van der Waals surface area (Å²) < 4.78 is 98.6. The Hall–Kier alpha value is -2.82. The van der Waals surface area contributed by atoms with Gasteiger partial charge in [0.1, 0.15) is 11.5 Å². The van der Waals surface area contributed by atoms with E-state index in [0.29, 0.717) is 0 Å². The standard InChI is InChI=1S/C16H14F3N3O4S/c1-10-13(22(23)7-6-14(10)26-9-16(17,18)19)8-27(24,25)15-20-11-4-2-3-5-12(11)21-15/h2-7H,8-9H2,1H3,(H,20,21)/i2D,3D,4D,5D.